The molecule has 1 aromatic carbocycles. The molecule has 0 spiro atoms. The highest BCUT2D eigenvalue weighted by Crippen LogP contribution is 2.27. The maximum absolute atomic E-state index is 12.5. The van der Waals surface area contributed by atoms with Crippen molar-refractivity contribution in [3.63, 3.8) is 0 Å². The molecule has 1 amide bonds. The molecule has 0 aliphatic rings. The molecule has 0 saturated heterocycles. The lowest BCUT2D eigenvalue weighted by Gasteiger charge is -2.14. The molecule has 134 valence electrons. The summed E-state index contributed by atoms with van der Waals surface area (Å²) in [7, 11) is 0. The number of thioether (sulfide) groups is 1. The standard InChI is InChI=1S/C17H13F2N3O3S/c1-10(14(23)22-12-5-2-4-11(8-12)9-20)25-16(24)13-6-3-7-21-15(13)26-17(18)19/h2-8,10,17H,1H3,(H,22,23)/t10-/m0/s1. The third-order valence-corrected chi connectivity index (χ3v) is 3.83. The summed E-state index contributed by atoms with van der Waals surface area (Å²) in [5, 5.41) is 11.2. The van der Waals surface area contributed by atoms with Crippen molar-refractivity contribution in [1.29, 1.82) is 5.26 Å². The van der Waals surface area contributed by atoms with Gasteiger partial charge in [0.25, 0.3) is 11.7 Å². The molecule has 1 atom stereocenters. The van der Waals surface area contributed by atoms with Gasteiger partial charge in [-0.15, -0.1) is 0 Å². The first-order valence-electron chi connectivity index (χ1n) is 7.32. The first-order valence-corrected chi connectivity index (χ1v) is 8.20. The first kappa shape index (κ1) is 19.3. The number of nitriles is 1. The predicted molar refractivity (Wildman–Crippen MR) is 90.8 cm³/mol. The van der Waals surface area contributed by atoms with Crippen LogP contribution in [0.3, 0.4) is 0 Å². The van der Waals surface area contributed by atoms with E-state index in [1.807, 2.05) is 6.07 Å². The number of aromatic nitrogens is 1. The van der Waals surface area contributed by atoms with Crippen LogP contribution in [-0.4, -0.2) is 28.7 Å². The summed E-state index contributed by atoms with van der Waals surface area (Å²) in [6.45, 7) is 1.34. The number of benzene rings is 1. The van der Waals surface area contributed by atoms with Crippen LogP contribution >= 0.6 is 11.8 Å². The number of anilines is 1. The third-order valence-electron chi connectivity index (χ3n) is 3.10. The summed E-state index contributed by atoms with van der Waals surface area (Å²) < 4.78 is 30.1. The van der Waals surface area contributed by atoms with Crippen molar-refractivity contribution < 1.29 is 23.1 Å². The summed E-state index contributed by atoms with van der Waals surface area (Å²) in [6, 6.07) is 10.8. The average molecular weight is 377 g/mol. The Morgan fingerprint density at radius 3 is 2.77 bits per heavy atom. The maximum atomic E-state index is 12.5. The van der Waals surface area contributed by atoms with E-state index in [1.54, 1.807) is 18.2 Å². The largest absolute Gasteiger partial charge is 0.449 e. The van der Waals surface area contributed by atoms with Crippen LogP contribution in [0.4, 0.5) is 14.5 Å². The fraction of sp³-hybridized carbons (Fsp3) is 0.176. The lowest BCUT2D eigenvalue weighted by atomic mass is 10.2. The highest BCUT2D eigenvalue weighted by Gasteiger charge is 2.23. The monoisotopic (exact) mass is 377 g/mol. The van der Waals surface area contributed by atoms with E-state index in [0.717, 1.165) is 0 Å². The Labute approximate surface area is 152 Å². The predicted octanol–water partition coefficient (Wildman–Crippen LogP) is 3.45. The van der Waals surface area contributed by atoms with Crippen LogP contribution < -0.4 is 5.32 Å². The second-order valence-corrected chi connectivity index (χ2v) is 5.94. The fourth-order valence-electron chi connectivity index (χ4n) is 1.91. The number of nitrogens with zero attached hydrogens (tertiary/aromatic N) is 2. The third kappa shape index (κ3) is 5.26. The highest BCUT2D eigenvalue weighted by atomic mass is 32.2. The molecule has 2 aromatic rings. The molecule has 0 bridgehead atoms. The Kier molecular flexibility index (Phi) is 6.63. The second kappa shape index (κ2) is 8.92. The van der Waals surface area contributed by atoms with Gasteiger partial charge in [0.1, 0.15) is 5.03 Å². The topological polar surface area (TPSA) is 92.1 Å². The van der Waals surface area contributed by atoms with Gasteiger partial charge in [-0.05, 0) is 49.0 Å². The van der Waals surface area contributed by atoms with Gasteiger partial charge >= 0.3 is 5.97 Å². The molecule has 0 saturated carbocycles. The van der Waals surface area contributed by atoms with Crippen LogP contribution in [0, 0.1) is 11.3 Å². The fourth-order valence-corrected chi connectivity index (χ4v) is 2.48. The Morgan fingerprint density at radius 2 is 2.08 bits per heavy atom. The molecule has 26 heavy (non-hydrogen) atoms. The zero-order chi connectivity index (χ0) is 19.1. The van der Waals surface area contributed by atoms with Crippen molar-refractivity contribution in [2.45, 2.75) is 23.8 Å². The molecule has 1 heterocycles. The number of hydrogen-bond acceptors (Lipinski definition) is 6. The molecule has 6 nitrogen and oxygen atoms in total. The first-order chi connectivity index (χ1) is 12.4. The van der Waals surface area contributed by atoms with Crippen LogP contribution in [0.15, 0.2) is 47.6 Å². The normalized spacial score (nSPS) is 11.5. The number of rotatable bonds is 6. The van der Waals surface area contributed by atoms with Crippen molar-refractivity contribution in [2.75, 3.05) is 5.32 Å². The van der Waals surface area contributed by atoms with Crippen LogP contribution in [0.5, 0.6) is 0 Å². The molecule has 2 rings (SSSR count). The Morgan fingerprint density at radius 1 is 1.31 bits per heavy atom. The zero-order valence-corrected chi connectivity index (χ0v) is 14.3. The SMILES string of the molecule is C[C@H](OC(=O)c1cccnc1SC(F)F)C(=O)Nc1cccc(C#N)c1. The molecule has 0 fully saturated rings. The van der Waals surface area contributed by atoms with Crippen LogP contribution in [0.1, 0.15) is 22.8 Å². The van der Waals surface area contributed by atoms with Gasteiger partial charge < -0.3 is 10.1 Å². The Bertz CT molecular complexity index is 855. The van der Waals surface area contributed by atoms with Gasteiger partial charge in [0.05, 0.1) is 17.2 Å². The van der Waals surface area contributed by atoms with E-state index in [1.165, 1.54) is 31.3 Å². The number of alkyl halides is 2. The summed E-state index contributed by atoms with van der Waals surface area (Å²) in [5.41, 5.74) is 0.577. The van der Waals surface area contributed by atoms with Crippen molar-refractivity contribution in [3.05, 3.63) is 53.7 Å². The number of esters is 1. The van der Waals surface area contributed by atoms with Gasteiger partial charge in [0, 0.05) is 11.9 Å². The zero-order valence-electron chi connectivity index (χ0n) is 13.5. The molecule has 1 aromatic heterocycles. The molecule has 1 N–H and O–H groups in total. The second-order valence-electron chi connectivity index (χ2n) is 4.96. The molecule has 0 radical (unpaired) electrons. The van der Waals surface area contributed by atoms with E-state index in [9.17, 15) is 18.4 Å². The van der Waals surface area contributed by atoms with Gasteiger partial charge in [-0.25, -0.2) is 9.78 Å². The van der Waals surface area contributed by atoms with Crippen molar-refractivity contribution in [3.8, 4) is 6.07 Å². The van der Waals surface area contributed by atoms with Crippen molar-refractivity contribution >= 4 is 29.3 Å². The number of amides is 1. The molecule has 0 unspecified atom stereocenters. The molecular weight excluding hydrogens is 364 g/mol. The van der Waals surface area contributed by atoms with E-state index in [2.05, 4.69) is 10.3 Å². The number of hydrogen-bond donors (Lipinski definition) is 1. The Hall–Kier alpha value is -2.99. The van der Waals surface area contributed by atoms with Crippen molar-refractivity contribution in [2.24, 2.45) is 0 Å². The van der Waals surface area contributed by atoms with Gasteiger partial charge in [0.2, 0.25) is 0 Å². The summed E-state index contributed by atoms with van der Waals surface area (Å²) in [5.74, 6) is -4.31. The van der Waals surface area contributed by atoms with Crippen LogP contribution in [0.25, 0.3) is 0 Å². The average Bonchev–Trinajstić information content (AvgIpc) is 2.61. The smallest absolute Gasteiger partial charge is 0.341 e. The van der Waals surface area contributed by atoms with Crippen LogP contribution in [0.2, 0.25) is 0 Å². The molecular formula is C17H13F2N3O3S. The summed E-state index contributed by atoms with van der Waals surface area (Å²) in [6.07, 6.45) is 0.0950. The van der Waals surface area contributed by atoms with E-state index in [0.29, 0.717) is 11.3 Å². The number of nitrogens with one attached hydrogen (secondary N) is 1. The van der Waals surface area contributed by atoms with Gasteiger partial charge in [-0.1, -0.05) is 6.07 Å². The van der Waals surface area contributed by atoms with E-state index < -0.39 is 23.7 Å². The van der Waals surface area contributed by atoms with Crippen LogP contribution in [-0.2, 0) is 9.53 Å². The number of halogens is 2. The van der Waals surface area contributed by atoms with Gasteiger partial charge in [-0.2, -0.15) is 14.0 Å². The number of carbonyl (C=O) groups is 2. The van der Waals surface area contributed by atoms with Gasteiger partial charge in [0.15, 0.2) is 6.10 Å². The van der Waals surface area contributed by atoms with E-state index in [-0.39, 0.29) is 22.4 Å². The van der Waals surface area contributed by atoms with Gasteiger partial charge in [-0.3, -0.25) is 4.79 Å². The highest BCUT2D eigenvalue weighted by molar-refractivity contribution is 7.99. The Balaban J connectivity index is 2.04. The van der Waals surface area contributed by atoms with E-state index >= 15 is 0 Å². The summed E-state index contributed by atoms with van der Waals surface area (Å²) in [4.78, 5) is 28.0. The molecule has 0 aliphatic carbocycles. The minimum Gasteiger partial charge on any atom is -0.449 e. The van der Waals surface area contributed by atoms with Crippen molar-refractivity contribution in [1.82, 2.24) is 4.98 Å². The molecule has 0 aliphatic heterocycles. The minimum atomic E-state index is -2.75. The minimum absolute atomic E-state index is 0.119. The molecule has 9 heteroatoms. The quantitative estimate of drug-likeness (QED) is 0.612. The maximum Gasteiger partial charge on any atom is 0.341 e. The number of carbonyl (C=O) groups excluding carboxylic acids is 2. The summed E-state index contributed by atoms with van der Waals surface area (Å²) >= 11 is 0.119. The lowest BCUT2D eigenvalue weighted by molar-refractivity contribution is -0.123. The number of ether oxygens (including phenoxy) is 1. The number of pyridine rings is 1. The van der Waals surface area contributed by atoms with E-state index in [4.69, 9.17) is 10.00 Å². The lowest BCUT2D eigenvalue weighted by Crippen LogP contribution is -2.30.